The van der Waals surface area contributed by atoms with Crippen molar-refractivity contribution >= 4 is 0 Å². The normalized spacial score (nSPS) is 25.9. The molecule has 21 heavy (non-hydrogen) atoms. The monoisotopic (exact) mass is 295 g/mol. The van der Waals surface area contributed by atoms with Gasteiger partial charge in [0.2, 0.25) is 0 Å². The zero-order valence-corrected chi connectivity index (χ0v) is 15.0. The summed E-state index contributed by atoms with van der Waals surface area (Å²) in [7, 11) is 0. The van der Waals surface area contributed by atoms with E-state index in [1.165, 1.54) is 58.7 Å². The highest BCUT2D eigenvalue weighted by molar-refractivity contribution is 4.85. The summed E-state index contributed by atoms with van der Waals surface area (Å²) in [6.45, 7) is 20.8. The van der Waals surface area contributed by atoms with E-state index >= 15 is 0 Å². The molecular formula is C18H37N3. The number of hydrogen-bond acceptors (Lipinski definition) is 3. The average molecular weight is 296 g/mol. The lowest BCUT2D eigenvalue weighted by molar-refractivity contribution is 0.0356. The Morgan fingerprint density at radius 3 is 1.86 bits per heavy atom. The van der Waals surface area contributed by atoms with Crippen molar-refractivity contribution < 1.29 is 0 Å². The van der Waals surface area contributed by atoms with Gasteiger partial charge in [-0.15, -0.1) is 0 Å². The summed E-state index contributed by atoms with van der Waals surface area (Å²) >= 11 is 0. The maximum Gasteiger partial charge on any atom is 0.0121 e. The first-order valence-corrected chi connectivity index (χ1v) is 9.17. The molecule has 0 amide bonds. The van der Waals surface area contributed by atoms with Crippen molar-refractivity contribution in [1.82, 2.24) is 14.7 Å². The van der Waals surface area contributed by atoms with Crippen molar-refractivity contribution in [3.05, 3.63) is 0 Å². The SMILES string of the molecule is CC(C)CN1CCC(N2CCN(C(C)C(C)C)CC2)CC1. The van der Waals surface area contributed by atoms with Crippen LogP contribution in [0.5, 0.6) is 0 Å². The fraction of sp³-hybridized carbons (Fsp3) is 1.00. The summed E-state index contributed by atoms with van der Waals surface area (Å²) in [5.41, 5.74) is 0. The van der Waals surface area contributed by atoms with Crippen LogP contribution in [0.2, 0.25) is 0 Å². The fourth-order valence-electron chi connectivity index (χ4n) is 3.91. The van der Waals surface area contributed by atoms with Crippen molar-refractivity contribution in [2.45, 2.75) is 59.5 Å². The molecule has 3 nitrogen and oxygen atoms in total. The van der Waals surface area contributed by atoms with Gasteiger partial charge in [-0.3, -0.25) is 9.80 Å². The Morgan fingerprint density at radius 1 is 0.810 bits per heavy atom. The van der Waals surface area contributed by atoms with Gasteiger partial charge in [0.1, 0.15) is 0 Å². The molecule has 0 aromatic carbocycles. The lowest BCUT2D eigenvalue weighted by Gasteiger charge is -2.45. The van der Waals surface area contributed by atoms with Gasteiger partial charge in [0, 0.05) is 44.8 Å². The van der Waals surface area contributed by atoms with E-state index < -0.39 is 0 Å². The van der Waals surface area contributed by atoms with Crippen molar-refractivity contribution in [3.8, 4) is 0 Å². The minimum Gasteiger partial charge on any atom is -0.303 e. The maximum atomic E-state index is 2.77. The zero-order valence-electron chi connectivity index (χ0n) is 15.0. The minimum absolute atomic E-state index is 0.736. The van der Waals surface area contributed by atoms with Gasteiger partial charge in [-0.05, 0) is 44.7 Å². The minimum atomic E-state index is 0.736. The Balaban J connectivity index is 1.71. The molecule has 0 radical (unpaired) electrons. The average Bonchev–Trinajstić information content (AvgIpc) is 2.47. The first kappa shape index (κ1) is 17.2. The van der Waals surface area contributed by atoms with E-state index in [4.69, 9.17) is 0 Å². The first-order chi connectivity index (χ1) is 9.97. The topological polar surface area (TPSA) is 9.72 Å². The molecule has 2 saturated heterocycles. The highest BCUT2D eigenvalue weighted by Gasteiger charge is 2.29. The molecule has 0 aromatic heterocycles. The molecule has 0 bridgehead atoms. The number of rotatable bonds is 5. The molecule has 2 aliphatic heterocycles. The highest BCUT2D eigenvalue weighted by atomic mass is 15.3. The molecule has 2 aliphatic rings. The van der Waals surface area contributed by atoms with Crippen LogP contribution in [0.15, 0.2) is 0 Å². The molecule has 124 valence electrons. The van der Waals surface area contributed by atoms with Crippen LogP contribution in [0.25, 0.3) is 0 Å². The molecule has 3 heteroatoms. The van der Waals surface area contributed by atoms with Gasteiger partial charge in [0.15, 0.2) is 0 Å². The Bertz CT molecular complexity index is 287. The lowest BCUT2D eigenvalue weighted by Crippen LogP contribution is -2.55. The number of piperidine rings is 1. The van der Waals surface area contributed by atoms with Crippen LogP contribution < -0.4 is 0 Å². The van der Waals surface area contributed by atoms with Crippen LogP contribution in [-0.2, 0) is 0 Å². The molecule has 1 atom stereocenters. The van der Waals surface area contributed by atoms with Crippen LogP contribution in [0.4, 0.5) is 0 Å². The summed E-state index contributed by atoms with van der Waals surface area (Å²) in [4.78, 5) is 8.13. The predicted octanol–water partition coefficient (Wildman–Crippen LogP) is 2.77. The summed E-state index contributed by atoms with van der Waals surface area (Å²) in [5.74, 6) is 1.58. The van der Waals surface area contributed by atoms with Crippen LogP contribution in [-0.4, -0.2) is 72.6 Å². The molecule has 2 rings (SSSR count). The molecule has 0 saturated carbocycles. The van der Waals surface area contributed by atoms with E-state index in [1.54, 1.807) is 0 Å². The highest BCUT2D eigenvalue weighted by Crippen LogP contribution is 2.20. The second-order valence-corrected chi connectivity index (χ2v) is 7.98. The van der Waals surface area contributed by atoms with E-state index in [2.05, 4.69) is 49.3 Å². The van der Waals surface area contributed by atoms with Crippen molar-refractivity contribution in [1.29, 1.82) is 0 Å². The van der Waals surface area contributed by atoms with Crippen LogP contribution in [0, 0.1) is 11.8 Å². The van der Waals surface area contributed by atoms with E-state index in [0.717, 1.165) is 23.9 Å². The smallest absolute Gasteiger partial charge is 0.0121 e. The third-order valence-corrected chi connectivity index (χ3v) is 5.59. The third kappa shape index (κ3) is 4.94. The van der Waals surface area contributed by atoms with Crippen LogP contribution >= 0.6 is 0 Å². The van der Waals surface area contributed by atoms with Gasteiger partial charge >= 0.3 is 0 Å². The standard InChI is InChI=1S/C18H37N3/c1-15(2)14-19-8-6-18(7-9-19)21-12-10-20(11-13-21)17(5)16(3)4/h15-18H,6-14H2,1-5H3. The number of likely N-dealkylation sites (tertiary alicyclic amines) is 1. The number of nitrogens with zero attached hydrogens (tertiary/aromatic N) is 3. The fourth-order valence-corrected chi connectivity index (χ4v) is 3.91. The van der Waals surface area contributed by atoms with E-state index in [-0.39, 0.29) is 0 Å². The molecule has 1 unspecified atom stereocenters. The maximum absolute atomic E-state index is 2.77. The molecule has 0 aliphatic carbocycles. The molecule has 0 aromatic rings. The predicted molar refractivity (Wildman–Crippen MR) is 91.7 cm³/mol. The van der Waals surface area contributed by atoms with Crippen molar-refractivity contribution in [2.75, 3.05) is 45.8 Å². The Morgan fingerprint density at radius 2 is 1.38 bits per heavy atom. The second-order valence-electron chi connectivity index (χ2n) is 7.98. The summed E-state index contributed by atoms with van der Waals surface area (Å²) in [5, 5.41) is 0. The van der Waals surface area contributed by atoms with Gasteiger partial charge in [-0.1, -0.05) is 27.7 Å². The zero-order chi connectivity index (χ0) is 15.4. The van der Waals surface area contributed by atoms with Gasteiger partial charge in [-0.2, -0.15) is 0 Å². The quantitative estimate of drug-likeness (QED) is 0.772. The molecule has 2 heterocycles. The first-order valence-electron chi connectivity index (χ1n) is 9.17. The molecule has 2 fully saturated rings. The van der Waals surface area contributed by atoms with Gasteiger partial charge < -0.3 is 4.90 Å². The second kappa shape index (κ2) is 7.94. The van der Waals surface area contributed by atoms with Gasteiger partial charge in [0.05, 0.1) is 0 Å². The van der Waals surface area contributed by atoms with Gasteiger partial charge in [-0.25, -0.2) is 0 Å². The van der Waals surface area contributed by atoms with Crippen LogP contribution in [0.3, 0.4) is 0 Å². The molecule has 0 spiro atoms. The largest absolute Gasteiger partial charge is 0.303 e. The molecular weight excluding hydrogens is 258 g/mol. The van der Waals surface area contributed by atoms with E-state index in [9.17, 15) is 0 Å². The van der Waals surface area contributed by atoms with Crippen molar-refractivity contribution in [2.24, 2.45) is 11.8 Å². The number of piperazine rings is 1. The van der Waals surface area contributed by atoms with E-state index in [0.29, 0.717) is 0 Å². The summed E-state index contributed by atoms with van der Waals surface area (Å²) in [6, 6.07) is 1.59. The van der Waals surface area contributed by atoms with E-state index in [1.807, 2.05) is 0 Å². The summed E-state index contributed by atoms with van der Waals surface area (Å²) < 4.78 is 0. The van der Waals surface area contributed by atoms with Crippen LogP contribution in [0.1, 0.15) is 47.5 Å². The van der Waals surface area contributed by atoms with Gasteiger partial charge in [0.25, 0.3) is 0 Å². The van der Waals surface area contributed by atoms with Crippen molar-refractivity contribution in [3.63, 3.8) is 0 Å². The lowest BCUT2D eigenvalue weighted by atomic mass is 10.00. The Kier molecular flexibility index (Phi) is 6.51. The Labute approximate surface area is 132 Å². The molecule has 0 N–H and O–H groups in total. The number of hydrogen-bond donors (Lipinski definition) is 0. The summed E-state index contributed by atoms with van der Waals surface area (Å²) in [6.07, 6.45) is 2.76. The third-order valence-electron chi connectivity index (χ3n) is 5.59. The Hall–Kier alpha value is -0.120.